The maximum atomic E-state index is 10.2. The lowest BCUT2D eigenvalue weighted by atomic mass is 10.1. The standard InChI is InChI=1S/2C6H14N4O2.C6H14N2O2.C3H7NO3/c2*7-4(5(11)12)2-1-3-10-6(8)9;7-4-2-1-3-5(8)6(9)10;4-2(1-5)3(6)7/h2*4H,1-3,7H2,(H,11,12)(H4,8,9,10);5H,1-4,7-8H2,(H,9,10);2,5H,1,4H2,(H,6,7). The topological polar surface area (TPSA) is 428 Å². The summed E-state index contributed by atoms with van der Waals surface area (Å²) in [7, 11) is 0. The molecule has 0 rings (SSSR count). The van der Waals surface area contributed by atoms with Crippen molar-refractivity contribution in [3.8, 4) is 0 Å². The van der Waals surface area contributed by atoms with Gasteiger partial charge in [-0.05, 0) is 45.1 Å². The Balaban J connectivity index is -0.000000227. The van der Waals surface area contributed by atoms with Gasteiger partial charge in [0.25, 0.3) is 0 Å². The number of nitrogens with zero attached hydrogens (tertiary/aromatic N) is 2. The molecule has 0 heterocycles. The summed E-state index contributed by atoms with van der Waals surface area (Å²) in [6.07, 6.45) is 4.08. The SMILES string of the molecule is NC(CO)C(=O)O.NC(N)=NCCCC(N)C(=O)O.NC(N)=NCCCC(N)C(=O)O.NCCCCC(N)C(=O)O. The third-order valence-electron chi connectivity index (χ3n) is 4.37. The molecular weight excluding hydrogens is 550 g/mol. The van der Waals surface area contributed by atoms with E-state index in [1.165, 1.54) is 0 Å². The lowest BCUT2D eigenvalue weighted by molar-refractivity contribution is -0.140. The van der Waals surface area contributed by atoms with Crippen LogP contribution in [0.5, 0.6) is 0 Å². The van der Waals surface area contributed by atoms with Crippen molar-refractivity contribution in [3.63, 3.8) is 0 Å². The first-order chi connectivity index (χ1) is 18.9. The number of carboxylic acid groups (broad SMARTS) is 4. The zero-order valence-electron chi connectivity index (χ0n) is 23.0. The van der Waals surface area contributed by atoms with Gasteiger partial charge in [-0.1, -0.05) is 6.42 Å². The quantitative estimate of drug-likeness (QED) is 0.0421. The maximum absolute atomic E-state index is 10.2. The van der Waals surface area contributed by atoms with Gasteiger partial charge in [-0.15, -0.1) is 0 Å². The summed E-state index contributed by atoms with van der Waals surface area (Å²) in [6, 6.07) is -3.48. The molecule has 0 amide bonds. The predicted molar refractivity (Wildman–Crippen MR) is 152 cm³/mol. The van der Waals surface area contributed by atoms with Crippen molar-refractivity contribution >= 4 is 35.8 Å². The summed E-state index contributed by atoms with van der Waals surface area (Å²) in [5.41, 5.74) is 45.8. The summed E-state index contributed by atoms with van der Waals surface area (Å²) in [5.74, 6) is -4.09. The van der Waals surface area contributed by atoms with Crippen LogP contribution in [0.15, 0.2) is 9.98 Å². The Kier molecular flexibility index (Phi) is 31.5. The molecule has 242 valence electrons. The Labute approximate surface area is 238 Å². The first-order valence-electron chi connectivity index (χ1n) is 12.3. The molecule has 4 atom stereocenters. The minimum atomic E-state index is -1.18. The number of carbonyl (C=O) groups is 4. The number of carboxylic acids is 4. The molecule has 0 spiro atoms. The van der Waals surface area contributed by atoms with Crippen molar-refractivity contribution in [2.75, 3.05) is 26.2 Å². The van der Waals surface area contributed by atoms with Crippen LogP contribution in [0.25, 0.3) is 0 Å². The van der Waals surface area contributed by atoms with Crippen LogP contribution in [0.3, 0.4) is 0 Å². The van der Waals surface area contributed by atoms with Crippen molar-refractivity contribution < 1.29 is 44.7 Å². The monoisotopic (exact) mass is 599 g/mol. The second-order valence-corrected chi connectivity index (χ2v) is 8.14. The smallest absolute Gasteiger partial charge is 0.322 e. The number of rotatable bonds is 17. The number of nitrogens with two attached hydrogens (primary N) is 9. The fraction of sp³-hybridized carbons (Fsp3) is 0.714. The van der Waals surface area contributed by atoms with Gasteiger partial charge in [-0.25, -0.2) is 0 Å². The second-order valence-electron chi connectivity index (χ2n) is 8.14. The molecule has 20 heteroatoms. The van der Waals surface area contributed by atoms with Crippen LogP contribution < -0.4 is 51.6 Å². The van der Waals surface area contributed by atoms with Gasteiger partial charge in [0.1, 0.15) is 24.2 Å². The van der Waals surface area contributed by atoms with E-state index in [4.69, 9.17) is 77.1 Å². The highest BCUT2D eigenvalue weighted by atomic mass is 16.4. The lowest BCUT2D eigenvalue weighted by Crippen LogP contribution is -2.33. The number of hydrogen-bond donors (Lipinski definition) is 14. The minimum Gasteiger partial charge on any atom is -0.480 e. The zero-order valence-corrected chi connectivity index (χ0v) is 23.0. The number of unbranched alkanes of at least 4 members (excludes halogenated alkanes) is 1. The average molecular weight is 600 g/mol. The van der Waals surface area contributed by atoms with Crippen molar-refractivity contribution in [3.05, 3.63) is 0 Å². The molecule has 0 fully saturated rings. The fourth-order valence-corrected chi connectivity index (χ4v) is 2.00. The molecule has 0 bridgehead atoms. The number of guanidine groups is 2. The molecule has 0 aromatic rings. The molecule has 0 aromatic carbocycles. The van der Waals surface area contributed by atoms with Gasteiger partial charge in [-0.3, -0.25) is 29.2 Å². The van der Waals surface area contributed by atoms with E-state index in [9.17, 15) is 19.2 Å². The van der Waals surface area contributed by atoms with E-state index in [1.807, 2.05) is 0 Å². The summed E-state index contributed by atoms with van der Waals surface area (Å²) < 4.78 is 0. The molecule has 23 N–H and O–H groups in total. The Morgan fingerprint density at radius 3 is 1.02 bits per heavy atom. The van der Waals surface area contributed by atoms with E-state index in [0.29, 0.717) is 51.7 Å². The molecule has 41 heavy (non-hydrogen) atoms. The number of aliphatic imine (C=N–C) groups is 2. The summed E-state index contributed by atoms with van der Waals surface area (Å²) in [4.78, 5) is 47.6. The van der Waals surface area contributed by atoms with Gasteiger partial charge in [-0.2, -0.15) is 0 Å². The van der Waals surface area contributed by atoms with E-state index in [1.54, 1.807) is 0 Å². The highest BCUT2D eigenvalue weighted by Gasteiger charge is 2.11. The second kappa shape index (κ2) is 29.2. The summed E-state index contributed by atoms with van der Waals surface area (Å²) in [6.45, 7) is 0.939. The van der Waals surface area contributed by atoms with Crippen LogP contribution in [-0.2, 0) is 19.2 Å². The summed E-state index contributed by atoms with van der Waals surface area (Å²) >= 11 is 0. The van der Waals surface area contributed by atoms with E-state index in [0.717, 1.165) is 12.8 Å². The number of hydrogen-bond acceptors (Lipinski definition) is 12. The van der Waals surface area contributed by atoms with Gasteiger partial charge in [0, 0.05) is 13.1 Å². The predicted octanol–water partition coefficient (Wildman–Crippen LogP) is -5.18. The summed E-state index contributed by atoms with van der Waals surface area (Å²) in [5, 5.41) is 41.0. The van der Waals surface area contributed by atoms with E-state index < -0.39 is 54.7 Å². The number of aliphatic hydroxyl groups excluding tert-OH is 1. The molecule has 4 unspecified atom stereocenters. The zero-order chi connectivity index (χ0) is 33.0. The lowest BCUT2D eigenvalue weighted by Gasteiger charge is -2.03. The molecule has 0 aliphatic heterocycles. The van der Waals surface area contributed by atoms with Gasteiger partial charge < -0.3 is 77.1 Å². The highest BCUT2D eigenvalue weighted by Crippen LogP contribution is 1.97. The van der Waals surface area contributed by atoms with Crippen molar-refractivity contribution in [1.29, 1.82) is 0 Å². The largest absolute Gasteiger partial charge is 0.480 e. The normalized spacial score (nSPS) is 12.5. The highest BCUT2D eigenvalue weighted by molar-refractivity contribution is 5.76. The third-order valence-corrected chi connectivity index (χ3v) is 4.37. The fourth-order valence-electron chi connectivity index (χ4n) is 2.00. The molecule has 0 aliphatic rings. The molecule has 0 saturated carbocycles. The Bertz CT molecular complexity index is 738. The Morgan fingerprint density at radius 2 is 0.829 bits per heavy atom. The van der Waals surface area contributed by atoms with Crippen LogP contribution in [-0.4, -0.2) is 112 Å². The van der Waals surface area contributed by atoms with Crippen LogP contribution in [0.4, 0.5) is 0 Å². The molecular formula is C21H49N11O9. The van der Waals surface area contributed by atoms with Gasteiger partial charge in [0.2, 0.25) is 0 Å². The van der Waals surface area contributed by atoms with Crippen LogP contribution in [0, 0.1) is 0 Å². The van der Waals surface area contributed by atoms with E-state index >= 15 is 0 Å². The Morgan fingerprint density at radius 1 is 0.537 bits per heavy atom. The molecule has 0 aliphatic carbocycles. The van der Waals surface area contributed by atoms with Crippen molar-refractivity contribution in [1.82, 2.24) is 0 Å². The molecule has 0 aromatic heterocycles. The van der Waals surface area contributed by atoms with Crippen LogP contribution in [0.1, 0.15) is 44.9 Å². The van der Waals surface area contributed by atoms with E-state index in [-0.39, 0.29) is 11.9 Å². The average Bonchev–Trinajstić information content (AvgIpc) is 2.88. The van der Waals surface area contributed by atoms with Gasteiger partial charge in [0.05, 0.1) is 6.61 Å². The minimum absolute atomic E-state index is 0.0129. The first kappa shape index (κ1) is 44.2. The third kappa shape index (κ3) is 38.4. The first-order valence-corrected chi connectivity index (χ1v) is 12.3. The van der Waals surface area contributed by atoms with E-state index in [2.05, 4.69) is 9.98 Å². The molecule has 0 radical (unpaired) electrons. The maximum Gasteiger partial charge on any atom is 0.322 e. The molecule has 20 nitrogen and oxygen atoms in total. The number of aliphatic hydroxyl groups is 1. The van der Waals surface area contributed by atoms with Gasteiger partial charge >= 0.3 is 23.9 Å². The van der Waals surface area contributed by atoms with Crippen LogP contribution >= 0.6 is 0 Å². The van der Waals surface area contributed by atoms with Gasteiger partial charge in [0.15, 0.2) is 11.9 Å². The number of aliphatic carboxylic acids is 4. The van der Waals surface area contributed by atoms with Crippen LogP contribution in [0.2, 0.25) is 0 Å². The Hall–Kier alpha value is -3.82. The van der Waals surface area contributed by atoms with Crippen molar-refractivity contribution in [2.45, 2.75) is 69.1 Å². The molecule has 0 saturated heterocycles. The van der Waals surface area contributed by atoms with Crippen molar-refractivity contribution in [2.24, 2.45) is 61.6 Å².